The molecular formula is C19H28N2O2. The van der Waals surface area contributed by atoms with E-state index in [1.807, 2.05) is 31.2 Å². The van der Waals surface area contributed by atoms with Gasteiger partial charge in [-0.3, -0.25) is 9.69 Å². The molecular weight excluding hydrogens is 288 g/mol. The van der Waals surface area contributed by atoms with Crippen LogP contribution in [0.1, 0.15) is 42.6 Å². The number of carbonyl (C=O) groups is 1. The molecule has 1 aromatic rings. The Balaban J connectivity index is 1.68. The standard InChI is InChI=1S/C19H28N2O2/c1-14-7-4-5-9-18(14)19(22)21-10-6-8-17(21)13-20-11-15(2)23-16(3)12-20/h4-5,7,9,15-17H,6,8,10-13H2,1-3H3. The summed E-state index contributed by atoms with van der Waals surface area (Å²) in [5.41, 5.74) is 1.92. The Kier molecular flexibility index (Phi) is 5.02. The number of rotatable bonds is 3. The number of ether oxygens (including phenoxy) is 1. The van der Waals surface area contributed by atoms with Crippen LogP contribution in [-0.2, 0) is 4.74 Å². The zero-order valence-electron chi connectivity index (χ0n) is 14.5. The molecule has 1 aromatic carbocycles. The van der Waals surface area contributed by atoms with E-state index in [1.165, 1.54) is 0 Å². The van der Waals surface area contributed by atoms with E-state index in [0.717, 1.165) is 50.1 Å². The van der Waals surface area contributed by atoms with Gasteiger partial charge in [-0.25, -0.2) is 0 Å². The maximum Gasteiger partial charge on any atom is 0.254 e. The van der Waals surface area contributed by atoms with Gasteiger partial charge in [0.15, 0.2) is 0 Å². The molecule has 4 nitrogen and oxygen atoms in total. The van der Waals surface area contributed by atoms with Gasteiger partial charge in [0.25, 0.3) is 5.91 Å². The minimum Gasteiger partial charge on any atom is -0.373 e. The SMILES string of the molecule is Cc1ccccc1C(=O)N1CCCC1CN1CC(C)OC(C)C1. The highest BCUT2D eigenvalue weighted by Gasteiger charge is 2.33. The van der Waals surface area contributed by atoms with Gasteiger partial charge in [0.2, 0.25) is 0 Å². The topological polar surface area (TPSA) is 32.8 Å². The van der Waals surface area contributed by atoms with Gasteiger partial charge in [-0.2, -0.15) is 0 Å². The first-order chi connectivity index (χ1) is 11.0. The van der Waals surface area contributed by atoms with Crippen molar-refractivity contribution in [3.05, 3.63) is 35.4 Å². The molecule has 23 heavy (non-hydrogen) atoms. The van der Waals surface area contributed by atoms with Crippen LogP contribution >= 0.6 is 0 Å². The molecule has 0 saturated carbocycles. The van der Waals surface area contributed by atoms with Crippen molar-refractivity contribution in [3.63, 3.8) is 0 Å². The predicted octanol–water partition coefficient (Wildman–Crippen LogP) is 2.71. The summed E-state index contributed by atoms with van der Waals surface area (Å²) in [6, 6.07) is 8.25. The Bertz CT molecular complexity index is 550. The third-order valence-corrected chi connectivity index (χ3v) is 4.98. The van der Waals surface area contributed by atoms with Crippen LogP contribution < -0.4 is 0 Å². The van der Waals surface area contributed by atoms with Crippen LogP contribution in [0.25, 0.3) is 0 Å². The first kappa shape index (κ1) is 16.5. The number of morpholine rings is 1. The second-order valence-corrected chi connectivity index (χ2v) is 7.09. The molecule has 3 unspecified atom stereocenters. The van der Waals surface area contributed by atoms with E-state index in [9.17, 15) is 4.79 Å². The minimum atomic E-state index is 0.194. The quantitative estimate of drug-likeness (QED) is 0.859. The Morgan fingerprint density at radius 3 is 2.61 bits per heavy atom. The van der Waals surface area contributed by atoms with Crippen molar-refractivity contribution in [2.45, 2.75) is 51.9 Å². The lowest BCUT2D eigenvalue weighted by Gasteiger charge is -2.38. The van der Waals surface area contributed by atoms with Crippen molar-refractivity contribution in [3.8, 4) is 0 Å². The molecule has 0 spiro atoms. The van der Waals surface area contributed by atoms with Gasteiger partial charge in [0, 0.05) is 37.8 Å². The van der Waals surface area contributed by atoms with Crippen molar-refractivity contribution in [1.29, 1.82) is 0 Å². The summed E-state index contributed by atoms with van der Waals surface area (Å²) in [6.45, 7) is 10.1. The van der Waals surface area contributed by atoms with Gasteiger partial charge in [-0.1, -0.05) is 18.2 Å². The van der Waals surface area contributed by atoms with Gasteiger partial charge in [0.1, 0.15) is 0 Å². The van der Waals surface area contributed by atoms with Gasteiger partial charge in [0.05, 0.1) is 12.2 Å². The van der Waals surface area contributed by atoms with E-state index in [4.69, 9.17) is 4.74 Å². The lowest BCUT2D eigenvalue weighted by Crippen LogP contribution is -2.51. The Morgan fingerprint density at radius 2 is 1.91 bits per heavy atom. The zero-order valence-corrected chi connectivity index (χ0v) is 14.5. The van der Waals surface area contributed by atoms with Gasteiger partial charge < -0.3 is 9.64 Å². The third kappa shape index (κ3) is 3.75. The number of carbonyl (C=O) groups excluding carboxylic acids is 1. The number of likely N-dealkylation sites (tertiary alicyclic amines) is 1. The third-order valence-electron chi connectivity index (χ3n) is 4.98. The van der Waals surface area contributed by atoms with Gasteiger partial charge in [-0.05, 0) is 45.2 Å². The molecule has 2 heterocycles. The summed E-state index contributed by atoms with van der Waals surface area (Å²) < 4.78 is 5.82. The fourth-order valence-electron chi connectivity index (χ4n) is 3.99. The van der Waals surface area contributed by atoms with Crippen molar-refractivity contribution in [1.82, 2.24) is 9.80 Å². The van der Waals surface area contributed by atoms with Crippen LogP contribution in [0, 0.1) is 6.92 Å². The molecule has 0 aliphatic carbocycles. The largest absolute Gasteiger partial charge is 0.373 e. The Morgan fingerprint density at radius 1 is 1.22 bits per heavy atom. The first-order valence-electron chi connectivity index (χ1n) is 8.79. The molecule has 0 bridgehead atoms. The van der Waals surface area contributed by atoms with E-state index in [0.29, 0.717) is 6.04 Å². The van der Waals surface area contributed by atoms with E-state index < -0.39 is 0 Å². The summed E-state index contributed by atoms with van der Waals surface area (Å²) in [7, 11) is 0. The summed E-state index contributed by atoms with van der Waals surface area (Å²) >= 11 is 0. The molecule has 3 atom stereocenters. The highest BCUT2D eigenvalue weighted by molar-refractivity contribution is 5.96. The Labute approximate surface area is 139 Å². The molecule has 4 heteroatoms. The van der Waals surface area contributed by atoms with Crippen LogP contribution in [-0.4, -0.2) is 60.1 Å². The van der Waals surface area contributed by atoms with Gasteiger partial charge in [-0.15, -0.1) is 0 Å². The van der Waals surface area contributed by atoms with E-state index in [2.05, 4.69) is 23.6 Å². The minimum absolute atomic E-state index is 0.194. The average molecular weight is 316 g/mol. The summed E-state index contributed by atoms with van der Waals surface area (Å²) in [5, 5.41) is 0. The Hall–Kier alpha value is -1.39. The maximum absolute atomic E-state index is 12.9. The maximum atomic E-state index is 12.9. The van der Waals surface area contributed by atoms with Crippen molar-refractivity contribution in [2.24, 2.45) is 0 Å². The molecule has 2 fully saturated rings. The zero-order chi connectivity index (χ0) is 16.4. The lowest BCUT2D eigenvalue weighted by atomic mass is 10.1. The number of nitrogens with zero attached hydrogens (tertiary/aromatic N) is 2. The average Bonchev–Trinajstić information content (AvgIpc) is 2.94. The first-order valence-corrected chi connectivity index (χ1v) is 8.79. The smallest absolute Gasteiger partial charge is 0.254 e. The highest BCUT2D eigenvalue weighted by Crippen LogP contribution is 2.23. The predicted molar refractivity (Wildman–Crippen MR) is 91.7 cm³/mol. The second kappa shape index (κ2) is 7.02. The summed E-state index contributed by atoms with van der Waals surface area (Å²) in [4.78, 5) is 17.5. The van der Waals surface area contributed by atoms with Crippen molar-refractivity contribution < 1.29 is 9.53 Å². The van der Waals surface area contributed by atoms with Crippen molar-refractivity contribution in [2.75, 3.05) is 26.2 Å². The normalized spacial score (nSPS) is 29.0. The molecule has 0 radical (unpaired) electrons. The van der Waals surface area contributed by atoms with Crippen LogP contribution in [0.5, 0.6) is 0 Å². The highest BCUT2D eigenvalue weighted by atomic mass is 16.5. The molecule has 0 aromatic heterocycles. The lowest BCUT2D eigenvalue weighted by molar-refractivity contribution is -0.0715. The van der Waals surface area contributed by atoms with E-state index in [1.54, 1.807) is 0 Å². The van der Waals surface area contributed by atoms with Crippen LogP contribution in [0.3, 0.4) is 0 Å². The molecule has 1 amide bonds. The fourth-order valence-corrected chi connectivity index (χ4v) is 3.99. The number of hydrogen-bond acceptors (Lipinski definition) is 3. The number of benzene rings is 1. The second-order valence-electron chi connectivity index (χ2n) is 7.09. The van der Waals surface area contributed by atoms with Gasteiger partial charge >= 0.3 is 0 Å². The van der Waals surface area contributed by atoms with Crippen LogP contribution in [0.15, 0.2) is 24.3 Å². The molecule has 2 aliphatic heterocycles. The monoisotopic (exact) mass is 316 g/mol. The van der Waals surface area contributed by atoms with Crippen molar-refractivity contribution >= 4 is 5.91 Å². The molecule has 126 valence electrons. The molecule has 3 rings (SSSR count). The molecule has 0 N–H and O–H groups in total. The van der Waals surface area contributed by atoms with E-state index in [-0.39, 0.29) is 18.1 Å². The van der Waals surface area contributed by atoms with E-state index >= 15 is 0 Å². The number of hydrogen-bond donors (Lipinski definition) is 0. The molecule has 2 aliphatic rings. The number of amides is 1. The number of aryl methyl sites for hydroxylation is 1. The van der Waals surface area contributed by atoms with Crippen LogP contribution in [0.4, 0.5) is 0 Å². The molecule has 2 saturated heterocycles. The van der Waals surface area contributed by atoms with Crippen LogP contribution in [0.2, 0.25) is 0 Å². The summed E-state index contributed by atoms with van der Waals surface area (Å²) in [6.07, 6.45) is 2.77. The fraction of sp³-hybridized carbons (Fsp3) is 0.632. The summed E-state index contributed by atoms with van der Waals surface area (Å²) in [5.74, 6) is 0.194.